The van der Waals surface area contributed by atoms with Crippen molar-refractivity contribution in [2.45, 2.75) is 58.8 Å². The normalized spacial score (nSPS) is 12.0. The zero-order valence-corrected chi connectivity index (χ0v) is 14.6. The van der Waals surface area contributed by atoms with Crippen molar-refractivity contribution in [1.29, 1.82) is 0 Å². The lowest BCUT2D eigenvalue weighted by molar-refractivity contribution is -0.132. The van der Waals surface area contributed by atoms with E-state index in [1.54, 1.807) is 12.1 Å². The first-order chi connectivity index (χ1) is 10.6. The summed E-state index contributed by atoms with van der Waals surface area (Å²) in [6.45, 7) is 5.43. The number of unbranched alkanes of at least 4 members (excludes halogenated alkanes) is 4. The Morgan fingerprint density at radius 1 is 1.14 bits per heavy atom. The highest BCUT2D eigenvalue weighted by Crippen LogP contribution is 2.30. The van der Waals surface area contributed by atoms with Crippen LogP contribution in [0.1, 0.15) is 64.4 Å². The number of hydrogen-bond acceptors (Lipinski definition) is 4. The number of hydrogen-bond donors (Lipinski definition) is 0. The quantitative estimate of drug-likeness (QED) is 0.367. The smallest absolute Gasteiger partial charge is 0.308 e. The van der Waals surface area contributed by atoms with Gasteiger partial charge in [-0.05, 0) is 12.5 Å². The fourth-order valence-electron chi connectivity index (χ4n) is 2.22. The van der Waals surface area contributed by atoms with Gasteiger partial charge in [-0.2, -0.15) is 0 Å². The Bertz CT molecular complexity index is 485. The van der Waals surface area contributed by atoms with Crippen molar-refractivity contribution in [2.75, 3.05) is 5.75 Å². The number of esters is 1. The van der Waals surface area contributed by atoms with E-state index in [1.807, 2.05) is 19.1 Å². The summed E-state index contributed by atoms with van der Waals surface area (Å²) in [4.78, 5) is 23.4. The summed E-state index contributed by atoms with van der Waals surface area (Å²) in [6, 6.07) is 7.25. The maximum Gasteiger partial charge on any atom is 0.308 e. The van der Waals surface area contributed by atoms with Gasteiger partial charge in [0.2, 0.25) is 0 Å². The zero-order valence-electron chi connectivity index (χ0n) is 13.8. The zero-order chi connectivity index (χ0) is 16.4. The Morgan fingerprint density at radius 3 is 2.50 bits per heavy atom. The highest BCUT2D eigenvalue weighted by atomic mass is 32.2. The summed E-state index contributed by atoms with van der Waals surface area (Å²) >= 11 is 1.39. The summed E-state index contributed by atoms with van der Waals surface area (Å²) < 4.78 is 5.19. The summed E-state index contributed by atoms with van der Waals surface area (Å²) in [5.41, 5.74) is 0.779. The summed E-state index contributed by atoms with van der Waals surface area (Å²) in [7, 11) is 0. The Kier molecular flexibility index (Phi) is 8.90. The molecule has 0 aliphatic rings. The van der Waals surface area contributed by atoms with Crippen LogP contribution in [-0.2, 0) is 9.59 Å². The molecular formula is C18H26O3S. The van der Waals surface area contributed by atoms with E-state index in [0.29, 0.717) is 5.75 Å². The van der Waals surface area contributed by atoms with Crippen LogP contribution in [0.5, 0.6) is 5.75 Å². The van der Waals surface area contributed by atoms with Crippen LogP contribution in [0.2, 0.25) is 0 Å². The third kappa shape index (κ3) is 6.65. The molecule has 0 N–H and O–H groups in total. The van der Waals surface area contributed by atoms with Gasteiger partial charge < -0.3 is 4.74 Å². The number of benzene rings is 1. The summed E-state index contributed by atoms with van der Waals surface area (Å²) in [6.07, 6.45) is 6.01. The van der Waals surface area contributed by atoms with Gasteiger partial charge in [0.25, 0.3) is 0 Å². The number of rotatable bonds is 9. The molecule has 1 atom stereocenters. The lowest BCUT2D eigenvalue weighted by atomic mass is 10.0. The Hall–Kier alpha value is -1.29. The van der Waals surface area contributed by atoms with Crippen LogP contribution >= 0.6 is 11.8 Å². The molecule has 0 fully saturated rings. The van der Waals surface area contributed by atoms with Gasteiger partial charge >= 0.3 is 5.97 Å². The van der Waals surface area contributed by atoms with Crippen molar-refractivity contribution in [1.82, 2.24) is 0 Å². The second-order valence-corrected chi connectivity index (χ2v) is 6.53. The van der Waals surface area contributed by atoms with Crippen LogP contribution in [0.4, 0.5) is 0 Å². The van der Waals surface area contributed by atoms with Crippen LogP contribution in [0, 0.1) is 0 Å². The third-order valence-electron chi connectivity index (χ3n) is 3.48. The molecule has 22 heavy (non-hydrogen) atoms. The van der Waals surface area contributed by atoms with E-state index in [-0.39, 0.29) is 17.0 Å². The van der Waals surface area contributed by atoms with Crippen LogP contribution in [-0.4, -0.2) is 16.8 Å². The van der Waals surface area contributed by atoms with Gasteiger partial charge in [0.1, 0.15) is 5.75 Å². The maximum absolute atomic E-state index is 12.3. The molecule has 0 amide bonds. The van der Waals surface area contributed by atoms with E-state index in [9.17, 15) is 9.59 Å². The molecule has 0 radical (unpaired) electrons. The highest BCUT2D eigenvalue weighted by Gasteiger charge is 2.19. The van der Waals surface area contributed by atoms with Crippen molar-refractivity contribution in [3.8, 4) is 5.75 Å². The highest BCUT2D eigenvalue weighted by molar-refractivity contribution is 8.13. The van der Waals surface area contributed by atoms with Crippen LogP contribution < -0.4 is 4.74 Å². The molecule has 122 valence electrons. The van der Waals surface area contributed by atoms with E-state index in [1.165, 1.54) is 44.4 Å². The minimum atomic E-state index is -0.365. The van der Waals surface area contributed by atoms with Crippen LogP contribution in [0.15, 0.2) is 24.3 Å². The molecule has 0 saturated carbocycles. The van der Waals surface area contributed by atoms with Gasteiger partial charge in [-0.1, -0.05) is 69.5 Å². The van der Waals surface area contributed by atoms with E-state index < -0.39 is 0 Å². The lowest BCUT2D eigenvalue weighted by Gasteiger charge is -2.14. The molecular weight excluding hydrogens is 296 g/mol. The fourth-order valence-corrected chi connectivity index (χ4v) is 3.14. The van der Waals surface area contributed by atoms with Crippen molar-refractivity contribution in [3.63, 3.8) is 0 Å². The Morgan fingerprint density at radius 2 is 1.82 bits per heavy atom. The second kappa shape index (κ2) is 10.4. The fraction of sp³-hybridized carbons (Fsp3) is 0.556. The van der Waals surface area contributed by atoms with E-state index in [2.05, 4.69) is 6.92 Å². The first-order valence-electron chi connectivity index (χ1n) is 8.00. The van der Waals surface area contributed by atoms with Gasteiger partial charge in [-0.3, -0.25) is 9.59 Å². The Balaban J connectivity index is 2.51. The van der Waals surface area contributed by atoms with Gasteiger partial charge in [-0.25, -0.2) is 0 Å². The average molecular weight is 322 g/mol. The molecule has 1 rings (SSSR count). The number of thioether (sulfide) groups is 1. The maximum atomic E-state index is 12.3. The summed E-state index contributed by atoms with van der Waals surface area (Å²) in [5, 5.41) is 0.134. The molecule has 1 aromatic carbocycles. The molecule has 0 heterocycles. The molecule has 0 bridgehead atoms. The minimum absolute atomic E-state index is 0.134. The van der Waals surface area contributed by atoms with Crippen molar-refractivity contribution in [3.05, 3.63) is 29.8 Å². The third-order valence-corrected chi connectivity index (χ3v) is 4.62. The molecule has 0 spiro atoms. The first kappa shape index (κ1) is 18.8. The molecule has 0 aliphatic carbocycles. The molecule has 3 nitrogen and oxygen atoms in total. The topological polar surface area (TPSA) is 43.4 Å². The van der Waals surface area contributed by atoms with Crippen molar-refractivity contribution < 1.29 is 14.3 Å². The Labute approximate surface area is 137 Å². The molecule has 1 aromatic rings. The molecule has 0 aliphatic heterocycles. The largest absolute Gasteiger partial charge is 0.426 e. The molecule has 1 unspecified atom stereocenters. The number of ether oxygens (including phenoxy) is 1. The van der Waals surface area contributed by atoms with Gasteiger partial charge in [0.15, 0.2) is 5.12 Å². The van der Waals surface area contributed by atoms with Crippen LogP contribution in [0.3, 0.4) is 0 Å². The van der Waals surface area contributed by atoms with Crippen molar-refractivity contribution >= 4 is 22.8 Å². The number of carbonyl (C=O) groups is 2. The number of carbonyl (C=O) groups excluding carboxylic acids is 2. The van der Waals surface area contributed by atoms with E-state index in [4.69, 9.17) is 4.74 Å². The number of para-hydroxylation sites is 1. The molecule has 0 saturated heterocycles. The monoisotopic (exact) mass is 322 g/mol. The van der Waals surface area contributed by atoms with E-state index >= 15 is 0 Å². The van der Waals surface area contributed by atoms with Gasteiger partial charge in [0.05, 0.1) is 5.92 Å². The SMILES string of the molecule is CCCCCCCSC(=O)C(C)c1ccccc1OC(C)=O. The van der Waals surface area contributed by atoms with Gasteiger partial charge in [-0.15, -0.1) is 0 Å². The van der Waals surface area contributed by atoms with Crippen LogP contribution in [0.25, 0.3) is 0 Å². The lowest BCUT2D eigenvalue weighted by Crippen LogP contribution is -2.10. The van der Waals surface area contributed by atoms with Crippen molar-refractivity contribution in [2.24, 2.45) is 0 Å². The standard InChI is InChI=1S/C18H26O3S/c1-4-5-6-7-10-13-22-18(20)14(2)16-11-8-9-12-17(16)21-15(3)19/h8-9,11-12,14H,4-7,10,13H2,1-3H3. The predicted molar refractivity (Wildman–Crippen MR) is 92.4 cm³/mol. The summed E-state index contributed by atoms with van der Waals surface area (Å²) in [5.74, 6) is 0.717. The van der Waals surface area contributed by atoms with E-state index in [0.717, 1.165) is 17.7 Å². The average Bonchev–Trinajstić information content (AvgIpc) is 2.50. The minimum Gasteiger partial charge on any atom is -0.426 e. The molecule has 4 heteroatoms. The van der Waals surface area contributed by atoms with Gasteiger partial charge in [0, 0.05) is 18.2 Å². The first-order valence-corrected chi connectivity index (χ1v) is 8.98. The second-order valence-electron chi connectivity index (χ2n) is 5.43. The molecule has 0 aromatic heterocycles. The predicted octanol–water partition coefficient (Wildman–Crippen LogP) is 4.95.